The molecule has 1 aliphatic carbocycles. The van der Waals surface area contributed by atoms with Crippen LogP contribution in [0.1, 0.15) is 25.7 Å². The molecule has 2 unspecified atom stereocenters. The molecule has 2 atom stereocenters. The molecule has 2 nitrogen and oxygen atoms in total. The molecule has 0 saturated heterocycles. The van der Waals surface area contributed by atoms with Gasteiger partial charge in [-0.1, -0.05) is 12.8 Å². The van der Waals surface area contributed by atoms with Crippen LogP contribution in [0.2, 0.25) is 0 Å². The van der Waals surface area contributed by atoms with Crippen LogP contribution in [0.4, 0.5) is 13.2 Å². The lowest BCUT2D eigenvalue weighted by molar-refractivity contribution is -0.353. The summed E-state index contributed by atoms with van der Waals surface area (Å²) >= 11 is 0. The summed E-state index contributed by atoms with van der Waals surface area (Å²) in [6, 6.07) is 0. The fourth-order valence-corrected chi connectivity index (χ4v) is 1.39. The molecule has 0 heterocycles. The number of hydrogen-bond donors (Lipinski definition) is 1. The van der Waals surface area contributed by atoms with E-state index < -0.39 is 18.6 Å². The SMILES string of the molecule is OC1CCCCC1OC(F)(F)F. The third-order valence-electron chi connectivity index (χ3n) is 1.95. The zero-order chi connectivity index (χ0) is 9.19. The van der Waals surface area contributed by atoms with E-state index in [1.165, 1.54) is 0 Å². The van der Waals surface area contributed by atoms with Crippen LogP contribution < -0.4 is 0 Å². The summed E-state index contributed by atoms with van der Waals surface area (Å²) in [6.45, 7) is 0. The van der Waals surface area contributed by atoms with Crippen LogP contribution in [0.3, 0.4) is 0 Å². The van der Waals surface area contributed by atoms with Gasteiger partial charge in [0.2, 0.25) is 0 Å². The second-order valence-corrected chi connectivity index (χ2v) is 2.95. The smallest absolute Gasteiger partial charge is 0.390 e. The molecule has 0 aliphatic heterocycles. The lowest BCUT2D eigenvalue weighted by Gasteiger charge is -2.27. The molecule has 1 rings (SSSR count). The highest BCUT2D eigenvalue weighted by atomic mass is 19.4. The van der Waals surface area contributed by atoms with E-state index in [2.05, 4.69) is 4.74 Å². The van der Waals surface area contributed by atoms with Gasteiger partial charge in [-0.15, -0.1) is 13.2 Å². The highest BCUT2D eigenvalue weighted by Crippen LogP contribution is 2.27. The van der Waals surface area contributed by atoms with Crippen molar-refractivity contribution < 1.29 is 23.0 Å². The Kier molecular flexibility index (Phi) is 2.95. The fraction of sp³-hybridized carbons (Fsp3) is 1.00. The molecule has 0 bridgehead atoms. The Morgan fingerprint density at radius 1 is 1.17 bits per heavy atom. The molecule has 1 N–H and O–H groups in total. The molecular weight excluding hydrogens is 173 g/mol. The lowest BCUT2D eigenvalue weighted by Crippen LogP contribution is -2.36. The van der Waals surface area contributed by atoms with Crippen LogP contribution in [-0.2, 0) is 4.74 Å². The van der Waals surface area contributed by atoms with Crippen LogP contribution >= 0.6 is 0 Å². The third kappa shape index (κ3) is 2.98. The number of aliphatic hydroxyl groups is 1. The first-order valence-corrected chi connectivity index (χ1v) is 3.91. The molecule has 0 spiro atoms. The predicted octanol–water partition coefficient (Wildman–Crippen LogP) is 1.83. The van der Waals surface area contributed by atoms with Gasteiger partial charge >= 0.3 is 6.36 Å². The van der Waals surface area contributed by atoms with Gasteiger partial charge in [-0.2, -0.15) is 0 Å². The van der Waals surface area contributed by atoms with Crippen molar-refractivity contribution in [3.63, 3.8) is 0 Å². The molecule has 0 radical (unpaired) electrons. The second-order valence-electron chi connectivity index (χ2n) is 2.95. The van der Waals surface area contributed by atoms with Gasteiger partial charge in [0.15, 0.2) is 0 Å². The van der Waals surface area contributed by atoms with Crippen molar-refractivity contribution in [2.75, 3.05) is 0 Å². The van der Waals surface area contributed by atoms with E-state index >= 15 is 0 Å². The summed E-state index contributed by atoms with van der Waals surface area (Å²) in [7, 11) is 0. The molecule has 1 saturated carbocycles. The number of alkyl halides is 3. The zero-order valence-electron chi connectivity index (χ0n) is 6.47. The number of halogens is 3. The highest BCUT2D eigenvalue weighted by molar-refractivity contribution is 4.74. The van der Waals surface area contributed by atoms with Crippen LogP contribution in [-0.4, -0.2) is 23.7 Å². The summed E-state index contributed by atoms with van der Waals surface area (Å²) in [4.78, 5) is 0. The summed E-state index contributed by atoms with van der Waals surface area (Å²) < 4.78 is 38.8. The Morgan fingerprint density at radius 2 is 1.75 bits per heavy atom. The number of hydrogen-bond acceptors (Lipinski definition) is 2. The lowest BCUT2D eigenvalue weighted by atomic mass is 9.95. The number of aliphatic hydroxyl groups excluding tert-OH is 1. The van der Waals surface area contributed by atoms with Gasteiger partial charge in [-0.3, -0.25) is 4.74 Å². The first-order chi connectivity index (χ1) is 5.49. The predicted molar refractivity (Wildman–Crippen MR) is 35.4 cm³/mol. The Morgan fingerprint density at radius 3 is 2.25 bits per heavy atom. The van der Waals surface area contributed by atoms with Crippen LogP contribution in [0.15, 0.2) is 0 Å². The normalized spacial score (nSPS) is 32.0. The maximum Gasteiger partial charge on any atom is 0.522 e. The zero-order valence-corrected chi connectivity index (χ0v) is 6.47. The van der Waals surface area contributed by atoms with Crippen molar-refractivity contribution in [3.05, 3.63) is 0 Å². The highest BCUT2D eigenvalue weighted by Gasteiger charge is 2.37. The summed E-state index contributed by atoms with van der Waals surface area (Å²) in [5.74, 6) is 0. The number of ether oxygens (including phenoxy) is 1. The van der Waals surface area contributed by atoms with Gasteiger partial charge in [0.1, 0.15) is 0 Å². The van der Waals surface area contributed by atoms with E-state index in [1.54, 1.807) is 0 Å². The second kappa shape index (κ2) is 3.62. The van der Waals surface area contributed by atoms with Crippen molar-refractivity contribution in [3.8, 4) is 0 Å². The largest absolute Gasteiger partial charge is 0.522 e. The van der Waals surface area contributed by atoms with Crippen molar-refractivity contribution in [2.24, 2.45) is 0 Å². The van der Waals surface area contributed by atoms with E-state index in [1.807, 2.05) is 0 Å². The quantitative estimate of drug-likeness (QED) is 0.673. The molecule has 0 amide bonds. The Hall–Kier alpha value is -0.290. The van der Waals surface area contributed by atoms with Crippen molar-refractivity contribution in [2.45, 2.75) is 44.3 Å². The Labute approximate surface area is 68.3 Å². The van der Waals surface area contributed by atoms with Crippen LogP contribution in [0.25, 0.3) is 0 Å². The minimum Gasteiger partial charge on any atom is -0.390 e. The van der Waals surface area contributed by atoms with Crippen LogP contribution in [0, 0.1) is 0 Å². The van der Waals surface area contributed by atoms with Crippen molar-refractivity contribution in [1.29, 1.82) is 0 Å². The molecule has 72 valence electrons. The molecule has 0 aromatic rings. The standard InChI is InChI=1S/C7H11F3O2/c8-7(9,10)12-6-4-2-1-3-5(6)11/h5-6,11H,1-4H2. The summed E-state index contributed by atoms with van der Waals surface area (Å²) in [5.41, 5.74) is 0. The fourth-order valence-electron chi connectivity index (χ4n) is 1.39. The Bertz CT molecular complexity index is 146. The summed E-state index contributed by atoms with van der Waals surface area (Å²) in [6.07, 6.45) is -4.47. The van der Waals surface area contributed by atoms with E-state index in [0.717, 1.165) is 6.42 Å². The minimum atomic E-state index is -4.62. The van der Waals surface area contributed by atoms with Gasteiger partial charge in [-0.05, 0) is 12.8 Å². The van der Waals surface area contributed by atoms with E-state index in [0.29, 0.717) is 19.3 Å². The first kappa shape index (κ1) is 9.80. The van der Waals surface area contributed by atoms with Gasteiger partial charge in [-0.25, -0.2) is 0 Å². The van der Waals surface area contributed by atoms with Gasteiger partial charge in [0, 0.05) is 0 Å². The molecule has 1 aliphatic rings. The average molecular weight is 184 g/mol. The molecule has 1 fully saturated rings. The van der Waals surface area contributed by atoms with Gasteiger partial charge < -0.3 is 5.11 Å². The van der Waals surface area contributed by atoms with Crippen LogP contribution in [0.5, 0.6) is 0 Å². The van der Waals surface area contributed by atoms with Crippen molar-refractivity contribution in [1.82, 2.24) is 0 Å². The molecule has 0 aromatic carbocycles. The minimum absolute atomic E-state index is 0.292. The third-order valence-corrected chi connectivity index (χ3v) is 1.95. The summed E-state index contributed by atoms with van der Waals surface area (Å²) in [5, 5.41) is 9.11. The van der Waals surface area contributed by atoms with Crippen molar-refractivity contribution >= 4 is 0 Å². The number of rotatable bonds is 1. The molecule has 12 heavy (non-hydrogen) atoms. The Balaban J connectivity index is 2.39. The van der Waals surface area contributed by atoms with E-state index in [4.69, 9.17) is 5.11 Å². The molecule has 5 heteroatoms. The monoisotopic (exact) mass is 184 g/mol. The molecular formula is C7H11F3O2. The topological polar surface area (TPSA) is 29.5 Å². The van der Waals surface area contributed by atoms with E-state index in [-0.39, 0.29) is 0 Å². The average Bonchev–Trinajstić information content (AvgIpc) is 1.91. The molecule has 0 aromatic heterocycles. The van der Waals surface area contributed by atoms with E-state index in [9.17, 15) is 13.2 Å². The van der Waals surface area contributed by atoms with Gasteiger partial charge in [0.05, 0.1) is 12.2 Å². The van der Waals surface area contributed by atoms with Gasteiger partial charge in [0.25, 0.3) is 0 Å². The maximum absolute atomic E-state index is 11.7. The maximum atomic E-state index is 11.7. The first-order valence-electron chi connectivity index (χ1n) is 3.91.